The third-order valence-corrected chi connectivity index (χ3v) is 5.60. The lowest BCUT2D eigenvalue weighted by atomic mass is 10.1. The number of rotatable bonds is 4. The van der Waals surface area contributed by atoms with E-state index in [4.69, 9.17) is 0 Å². The summed E-state index contributed by atoms with van der Waals surface area (Å²) in [6.07, 6.45) is 6.27. The lowest BCUT2D eigenvalue weighted by Gasteiger charge is -2.35. The molecule has 0 spiro atoms. The van der Waals surface area contributed by atoms with Crippen LogP contribution in [0, 0.1) is 11.6 Å². The van der Waals surface area contributed by atoms with E-state index in [2.05, 4.69) is 20.0 Å². The van der Waals surface area contributed by atoms with Crippen LogP contribution in [0.25, 0.3) is 6.08 Å². The fourth-order valence-electron chi connectivity index (χ4n) is 3.84. The molecule has 2 fully saturated rings. The number of anilines is 2. The molecule has 6 nitrogen and oxygen atoms in total. The molecule has 2 aliphatic rings. The highest BCUT2D eigenvalue weighted by Crippen LogP contribution is 2.20. The van der Waals surface area contributed by atoms with Crippen LogP contribution >= 0.6 is 0 Å². The number of aromatic nitrogens is 2. The van der Waals surface area contributed by atoms with Gasteiger partial charge in [0.15, 0.2) is 11.6 Å². The summed E-state index contributed by atoms with van der Waals surface area (Å²) < 4.78 is 26.9. The highest BCUT2D eigenvalue weighted by molar-refractivity contribution is 5.92. The molecular formula is C22H25F2N5O. The Bertz CT molecular complexity index is 904. The van der Waals surface area contributed by atoms with E-state index in [9.17, 15) is 13.6 Å². The molecule has 0 unspecified atom stereocenters. The minimum absolute atomic E-state index is 0.0612. The van der Waals surface area contributed by atoms with Gasteiger partial charge in [-0.05, 0) is 55.7 Å². The Balaban J connectivity index is 1.31. The molecule has 0 bridgehead atoms. The van der Waals surface area contributed by atoms with Gasteiger partial charge in [-0.2, -0.15) is 0 Å². The van der Waals surface area contributed by atoms with E-state index in [-0.39, 0.29) is 11.5 Å². The summed E-state index contributed by atoms with van der Waals surface area (Å²) in [6, 6.07) is 7.18. The topological polar surface area (TPSA) is 52.6 Å². The number of benzene rings is 1. The van der Waals surface area contributed by atoms with Crippen molar-refractivity contribution in [1.82, 2.24) is 15.1 Å². The summed E-state index contributed by atoms with van der Waals surface area (Å²) in [7, 11) is 0. The Labute approximate surface area is 174 Å². The number of nitrogens with zero attached hydrogens (tertiary/aromatic N) is 5. The van der Waals surface area contributed by atoms with E-state index < -0.39 is 11.6 Å². The first kappa shape index (κ1) is 20.3. The third-order valence-electron chi connectivity index (χ3n) is 5.60. The molecule has 2 aromatic rings. The van der Waals surface area contributed by atoms with Crippen LogP contribution in [0.2, 0.25) is 0 Å². The second-order valence-electron chi connectivity index (χ2n) is 7.61. The first-order chi connectivity index (χ1) is 14.6. The molecule has 0 aliphatic carbocycles. The number of hydrogen-bond acceptors (Lipinski definition) is 5. The molecular weight excluding hydrogens is 388 g/mol. The average Bonchev–Trinajstić information content (AvgIpc) is 2.80. The second kappa shape index (κ2) is 9.19. The van der Waals surface area contributed by atoms with E-state index in [0.717, 1.165) is 42.9 Å². The molecule has 2 aliphatic heterocycles. The number of piperazine rings is 1. The zero-order chi connectivity index (χ0) is 20.9. The first-order valence-corrected chi connectivity index (χ1v) is 10.4. The Morgan fingerprint density at radius 2 is 1.47 bits per heavy atom. The molecule has 1 aromatic carbocycles. The predicted octanol–water partition coefficient (Wildman–Crippen LogP) is 3.11. The first-order valence-electron chi connectivity index (χ1n) is 10.4. The second-order valence-corrected chi connectivity index (χ2v) is 7.61. The third kappa shape index (κ3) is 4.75. The SMILES string of the molecule is O=C(/C=C/c1cc(F)ccc1F)N1CCN(c2ccc(N3CCCCC3)nn2)CC1. The van der Waals surface area contributed by atoms with Crippen molar-refractivity contribution in [1.29, 1.82) is 0 Å². The molecule has 158 valence electrons. The summed E-state index contributed by atoms with van der Waals surface area (Å²) in [5, 5.41) is 8.77. The van der Waals surface area contributed by atoms with Gasteiger partial charge in [0.25, 0.3) is 0 Å². The van der Waals surface area contributed by atoms with Crippen molar-refractivity contribution in [2.24, 2.45) is 0 Å². The maximum Gasteiger partial charge on any atom is 0.246 e. The molecule has 0 N–H and O–H groups in total. The molecule has 2 saturated heterocycles. The molecule has 0 radical (unpaired) electrons. The van der Waals surface area contributed by atoms with Crippen LogP contribution in [0.4, 0.5) is 20.4 Å². The normalized spacial score (nSPS) is 17.6. The molecule has 30 heavy (non-hydrogen) atoms. The zero-order valence-corrected chi connectivity index (χ0v) is 16.8. The lowest BCUT2D eigenvalue weighted by molar-refractivity contribution is -0.126. The van der Waals surface area contributed by atoms with Crippen molar-refractivity contribution >= 4 is 23.6 Å². The number of amides is 1. The van der Waals surface area contributed by atoms with Crippen LogP contribution in [0.5, 0.6) is 0 Å². The van der Waals surface area contributed by atoms with Crippen molar-refractivity contribution in [3.63, 3.8) is 0 Å². The molecule has 1 amide bonds. The van der Waals surface area contributed by atoms with Gasteiger partial charge in [-0.15, -0.1) is 10.2 Å². The van der Waals surface area contributed by atoms with Crippen molar-refractivity contribution < 1.29 is 13.6 Å². The lowest BCUT2D eigenvalue weighted by Crippen LogP contribution is -2.48. The summed E-state index contributed by atoms with van der Waals surface area (Å²) in [6.45, 7) is 4.41. The van der Waals surface area contributed by atoms with Gasteiger partial charge < -0.3 is 14.7 Å². The number of carbonyl (C=O) groups is 1. The van der Waals surface area contributed by atoms with Gasteiger partial charge in [0.1, 0.15) is 11.6 Å². The van der Waals surface area contributed by atoms with Crippen molar-refractivity contribution in [3.8, 4) is 0 Å². The van der Waals surface area contributed by atoms with Gasteiger partial charge in [0, 0.05) is 50.9 Å². The average molecular weight is 413 g/mol. The van der Waals surface area contributed by atoms with Crippen molar-refractivity contribution in [2.45, 2.75) is 19.3 Å². The van der Waals surface area contributed by atoms with Gasteiger partial charge in [-0.3, -0.25) is 4.79 Å². The summed E-state index contributed by atoms with van der Waals surface area (Å²) in [5.41, 5.74) is 0.0612. The minimum atomic E-state index is -0.558. The maximum atomic E-state index is 13.7. The molecule has 1 aromatic heterocycles. The van der Waals surface area contributed by atoms with Crippen LogP contribution in [0.15, 0.2) is 36.4 Å². The highest BCUT2D eigenvalue weighted by atomic mass is 19.1. The fourth-order valence-corrected chi connectivity index (χ4v) is 3.84. The van der Waals surface area contributed by atoms with Gasteiger partial charge in [-0.1, -0.05) is 0 Å². The van der Waals surface area contributed by atoms with E-state index in [1.54, 1.807) is 4.90 Å². The zero-order valence-electron chi connectivity index (χ0n) is 16.8. The number of carbonyl (C=O) groups excluding carboxylic acids is 1. The fraction of sp³-hybridized carbons (Fsp3) is 0.409. The standard InChI is InChI=1S/C22H25F2N5O/c23-18-5-6-19(24)17(16-18)4-9-22(30)29-14-12-28(13-15-29)21-8-7-20(25-26-21)27-10-2-1-3-11-27/h4-9,16H,1-3,10-15H2/b9-4+. The quantitative estimate of drug-likeness (QED) is 0.721. The monoisotopic (exact) mass is 413 g/mol. The Morgan fingerprint density at radius 3 is 2.10 bits per heavy atom. The van der Waals surface area contributed by atoms with Crippen LogP contribution in [-0.2, 0) is 4.79 Å². The van der Waals surface area contributed by atoms with Gasteiger partial charge in [-0.25, -0.2) is 8.78 Å². The molecule has 0 atom stereocenters. The van der Waals surface area contributed by atoms with Crippen LogP contribution in [0.1, 0.15) is 24.8 Å². The predicted molar refractivity (Wildman–Crippen MR) is 112 cm³/mol. The van der Waals surface area contributed by atoms with E-state index in [1.807, 2.05) is 12.1 Å². The van der Waals surface area contributed by atoms with Crippen LogP contribution < -0.4 is 9.80 Å². The molecule has 4 rings (SSSR count). The van der Waals surface area contributed by atoms with Crippen LogP contribution in [-0.4, -0.2) is 60.3 Å². The van der Waals surface area contributed by atoms with Gasteiger partial charge >= 0.3 is 0 Å². The van der Waals surface area contributed by atoms with E-state index in [1.165, 1.54) is 31.4 Å². The van der Waals surface area contributed by atoms with E-state index >= 15 is 0 Å². The van der Waals surface area contributed by atoms with Crippen LogP contribution in [0.3, 0.4) is 0 Å². The summed E-state index contributed by atoms with van der Waals surface area (Å²) >= 11 is 0. The maximum absolute atomic E-state index is 13.7. The smallest absolute Gasteiger partial charge is 0.246 e. The molecule has 8 heteroatoms. The summed E-state index contributed by atoms with van der Waals surface area (Å²) in [5.74, 6) is 0.411. The summed E-state index contributed by atoms with van der Waals surface area (Å²) in [4.78, 5) is 18.5. The molecule has 0 saturated carbocycles. The number of piperidine rings is 1. The van der Waals surface area contributed by atoms with E-state index in [0.29, 0.717) is 26.2 Å². The molecule has 3 heterocycles. The van der Waals surface area contributed by atoms with Crippen molar-refractivity contribution in [3.05, 3.63) is 53.6 Å². The van der Waals surface area contributed by atoms with Gasteiger partial charge in [0.2, 0.25) is 5.91 Å². The number of hydrogen-bond donors (Lipinski definition) is 0. The van der Waals surface area contributed by atoms with Crippen molar-refractivity contribution in [2.75, 3.05) is 49.1 Å². The number of halogens is 2. The Morgan fingerprint density at radius 1 is 0.833 bits per heavy atom. The Hall–Kier alpha value is -3.03. The Kier molecular flexibility index (Phi) is 6.21. The minimum Gasteiger partial charge on any atom is -0.355 e. The highest BCUT2D eigenvalue weighted by Gasteiger charge is 2.21. The van der Waals surface area contributed by atoms with Gasteiger partial charge in [0.05, 0.1) is 0 Å². The largest absolute Gasteiger partial charge is 0.355 e.